The highest BCUT2D eigenvalue weighted by Gasteiger charge is 2.24. The molecule has 3 aromatic rings. The average Bonchev–Trinajstić information content (AvgIpc) is 2.91. The van der Waals surface area contributed by atoms with E-state index in [2.05, 4.69) is 62.4 Å². The molecule has 0 unspecified atom stereocenters. The number of imidazole rings is 1. The van der Waals surface area contributed by atoms with Gasteiger partial charge in [0.05, 0.1) is 11.4 Å². The van der Waals surface area contributed by atoms with Crippen molar-refractivity contribution in [3.05, 3.63) is 53.9 Å². The summed E-state index contributed by atoms with van der Waals surface area (Å²) in [5.74, 6) is 0.798. The van der Waals surface area contributed by atoms with Crippen LogP contribution in [0, 0.1) is 6.92 Å². The van der Waals surface area contributed by atoms with Crippen LogP contribution in [0.5, 0.6) is 0 Å². The van der Waals surface area contributed by atoms with Crippen LogP contribution in [0.15, 0.2) is 57.7 Å². The van der Waals surface area contributed by atoms with Crippen LogP contribution in [0.2, 0.25) is 0 Å². The smallest absolute Gasteiger partial charge is 0.183 e. The molecule has 0 radical (unpaired) electrons. The van der Waals surface area contributed by atoms with E-state index in [1.807, 2.05) is 28.8 Å². The van der Waals surface area contributed by atoms with Crippen LogP contribution in [0.25, 0.3) is 5.65 Å². The van der Waals surface area contributed by atoms with E-state index in [9.17, 15) is 0 Å². The van der Waals surface area contributed by atoms with Gasteiger partial charge in [0.15, 0.2) is 5.82 Å². The molecule has 0 aliphatic carbocycles. The van der Waals surface area contributed by atoms with E-state index in [1.165, 1.54) is 10.5 Å². The number of benzene rings is 1. The largest absolute Gasteiger partial charge is 0.283 e. The van der Waals surface area contributed by atoms with Gasteiger partial charge in [0.25, 0.3) is 0 Å². The number of pyridine rings is 1. The summed E-state index contributed by atoms with van der Waals surface area (Å²) in [6, 6.07) is 12.2. The molecule has 1 aromatic carbocycles. The van der Waals surface area contributed by atoms with Gasteiger partial charge in [-0.3, -0.25) is 4.40 Å². The maximum Gasteiger partial charge on any atom is 0.183 e. The van der Waals surface area contributed by atoms with Crippen LogP contribution in [-0.2, 0) is 5.41 Å². The molecule has 0 fully saturated rings. The molecule has 2 aromatic heterocycles. The van der Waals surface area contributed by atoms with E-state index in [-0.39, 0.29) is 5.41 Å². The van der Waals surface area contributed by atoms with Crippen LogP contribution >= 0.6 is 11.8 Å². The zero-order valence-corrected chi connectivity index (χ0v) is 15.6. The standard InChI is InChI=1S/C19H22N4S/c1-13-9-10-23-16(11-13)20-17(19(2,3)4)18(23)22-21-14-7-6-8-15(12-14)24-5/h6-12H,1-5H3. The summed E-state index contributed by atoms with van der Waals surface area (Å²) in [6.45, 7) is 8.51. The fraction of sp³-hybridized carbons (Fsp3) is 0.316. The quantitative estimate of drug-likeness (QED) is 0.429. The fourth-order valence-corrected chi connectivity index (χ4v) is 2.96. The second kappa shape index (κ2) is 6.40. The van der Waals surface area contributed by atoms with Gasteiger partial charge >= 0.3 is 0 Å². The summed E-state index contributed by atoms with van der Waals surface area (Å²) in [5.41, 5.74) is 3.80. The van der Waals surface area contributed by atoms with Crippen molar-refractivity contribution in [1.82, 2.24) is 9.38 Å². The Morgan fingerprint density at radius 3 is 2.58 bits per heavy atom. The van der Waals surface area contributed by atoms with Crippen molar-refractivity contribution >= 4 is 28.9 Å². The van der Waals surface area contributed by atoms with Gasteiger partial charge in [-0.05, 0) is 49.1 Å². The lowest BCUT2D eigenvalue weighted by Gasteiger charge is -2.15. The summed E-state index contributed by atoms with van der Waals surface area (Å²) in [5, 5.41) is 9.01. The Morgan fingerprint density at radius 2 is 1.88 bits per heavy atom. The van der Waals surface area contributed by atoms with Crippen LogP contribution < -0.4 is 0 Å². The van der Waals surface area contributed by atoms with E-state index in [0.717, 1.165) is 22.8 Å². The number of hydrogen-bond acceptors (Lipinski definition) is 4. The normalized spacial score (nSPS) is 12.4. The fourth-order valence-electron chi connectivity index (χ4n) is 2.51. The Kier molecular flexibility index (Phi) is 4.45. The molecule has 0 aliphatic heterocycles. The zero-order chi connectivity index (χ0) is 17.3. The number of fused-ring (bicyclic) bond motifs is 1. The monoisotopic (exact) mass is 338 g/mol. The first kappa shape index (κ1) is 16.7. The van der Waals surface area contributed by atoms with E-state index in [0.29, 0.717) is 0 Å². The van der Waals surface area contributed by atoms with E-state index >= 15 is 0 Å². The summed E-state index contributed by atoms with van der Waals surface area (Å²) in [6.07, 6.45) is 4.07. The van der Waals surface area contributed by atoms with Gasteiger partial charge in [0, 0.05) is 16.5 Å². The molecule has 124 valence electrons. The molecule has 0 N–H and O–H groups in total. The Balaban J connectivity index is 2.11. The molecule has 2 heterocycles. The third kappa shape index (κ3) is 3.36. The minimum absolute atomic E-state index is 0.102. The lowest BCUT2D eigenvalue weighted by atomic mass is 9.92. The summed E-state index contributed by atoms with van der Waals surface area (Å²) < 4.78 is 2.01. The predicted octanol–water partition coefficient (Wildman–Crippen LogP) is 6.08. The molecule has 0 saturated carbocycles. The maximum absolute atomic E-state index is 4.80. The van der Waals surface area contributed by atoms with Crippen LogP contribution in [-0.4, -0.2) is 15.6 Å². The highest BCUT2D eigenvalue weighted by atomic mass is 32.2. The lowest BCUT2D eigenvalue weighted by molar-refractivity contribution is 0.574. The van der Waals surface area contributed by atoms with E-state index in [4.69, 9.17) is 4.98 Å². The Hall–Kier alpha value is -2.14. The molecule has 0 aliphatic rings. The molecule has 0 spiro atoms. The van der Waals surface area contributed by atoms with Crippen molar-refractivity contribution in [3.8, 4) is 0 Å². The molecular weight excluding hydrogens is 316 g/mol. The van der Waals surface area contributed by atoms with Gasteiger partial charge in [0.2, 0.25) is 0 Å². The van der Waals surface area contributed by atoms with Gasteiger partial charge in [-0.1, -0.05) is 26.8 Å². The number of thioether (sulfide) groups is 1. The highest BCUT2D eigenvalue weighted by Crippen LogP contribution is 2.33. The Morgan fingerprint density at radius 1 is 1.08 bits per heavy atom. The van der Waals surface area contributed by atoms with Gasteiger partial charge in [-0.2, -0.15) is 0 Å². The first-order valence-electron chi connectivity index (χ1n) is 7.93. The SMILES string of the molecule is CSc1cccc(N=Nc2c(C(C)(C)C)nc3cc(C)ccn23)c1. The van der Waals surface area contributed by atoms with Crippen molar-refractivity contribution in [2.24, 2.45) is 10.2 Å². The van der Waals surface area contributed by atoms with Gasteiger partial charge in [0.1, 0.15) is 5.65 Å². The van der Waals surface area contributed by atoms with Crippen molar-refractivity contribution in [3.63, 3.8) is 0 Å². The lowest BCUT2D eigenvalue weighted by Crippen LogP contribution is -2.11. The predicted molar refractivity (Wildman–Crippen MR) is 101 cm³/mol. The van der Waals surface area contributed by atoms with E-state index in [1.54, 1.807) is 11.8 Å². The minimum atomic E-state index is -0.102. The average molecular weight is 338 g/mol. The van der Waals surface area contributed by atoms with Gasteiger partial charge < -0.3 is 0 Å². The molecular formula is C19H22N4S. The second-order valence-corrected chi connectivity index (χ2v) is 7.75. The van der Waals surface area contributed by atoms with Crippen molar-refractivity contribution in [2.45, 2.75) is 38.0 Å². The third-order valence-corrected chi connectivity index (χ3v) is 4.51. The number of aryl methyl sites for hydroxylation is 1. The molecule has 5 heteroatoms. The zero-order valence-electron chi connectivity index (χ0n) is 14.7. The Labute approximate surface area is 147 Å². The first-order chi connectivity index (χ1) is 11.4. The molecule has 4 nitrogen and oxygen atoms in total. The molecule has 0 bridgehead atoms. The summed E-state index contributed by atoms with van der Waals surface area (Å²) in [7, 11) is 0. The first-order valence-corrected chi connectivity index (χ1v) is 9.16. The molecule has 3 rings (SSSR count). The third-order valence-electron chi connectivity index (χ3n) is 3.78. The van der Waals surface area contributed by atoms with E-state index < -0.39 is 0 Å². The number of aromatic nitrogens is 2. The number of nitrogens with zero attached hydrogens (tertiary/aromatic N) is 4. The number of rotatable bonds is 3. The maximum atomic E-state index is 4.80. The van der Waals surface area contributed by atoms with Crippen LogP contribution in [0.4, 0.5) is 11.5 Å². The van der Waals surface area contributed by atoms with Crippen LogP contribution in [0.1, 0.15) is 32.0 Å². The molecule has 0 amide bonds. The minimum Gasteiger partial charge on any atom is -0.283 e. The van der Waals surface area contributed by atoms with Crippen LogP contribution in [0.3, 0.4) is 0 Å². The van der Waals surface area contributed by atoms with Gasteiger partial charge in [-0.15, -0.1) is 22.0 Å². The number of hydrogen-bond donors (Lipinski definition) is 0. The second-order valence-electron chi connectivity index (χ2n) is 6.87. The topological polar surface area (TPSA) is 42.0 Å². The van der Waals surface area contributed by atoms with Crippen molar-refractivity contribution < 1.29 is 0 Å². The number of azo groups is 1. The van der Waals surface area contributed by atoms with Crippen molar-refractivity contribution in [2.75, 3.05) is 6.26 Å². The van der Waals surface area contributed by atoms with Gasteiger partial charge in [-0.25, -0.2) is 4.98 Å². The Bertz CT molecular complexity index is 903. The molecule has 24 heavy (non-hydrogen) atoms. The summed E-state index contributed by atoms with van der Waals surface area (Å²) in [4.78, 5) is 5.97. The van der Waals surface area contributed by atoms with Crippen molar-refractivity contribution in [1.29, 1.82) is 0 Å². The molecule has 0 atom stereocenters. The molecule has 0 saturated heterocycles. The summed E-state index contributed by atoms with van der Waals surface area (Å²) >= 11 is 1.70. The highest BCUT2D eigenvalue weighted by molar-refractivity contribution is 7.98.